The number of aliphatic hydroxyl groups excluding tert-OH is 1. The van der Waals surface area contributed by atoms with E-state index >= 15 is 0 Å². The van der Waals surface area contributed by atoms with Crippen LogP contribution in [-0.4, -0.2) is 31.0 Å². The molecule has 1 heterocycles. The van der Waals surface area contributed by atoms with Gasteiger partial charge in [0.25, 0.3) is 11.7 Å². The van der Waals surface area contributed by atoms with Crippen molar-refractivity contribution < 1.29 is 24.2 Å². The van der Waals surface area contributed by atoms with Crippen LogP contribution in [0.25, 0.3) is 5.76 Å². The number of carbonyl (C=O) groups is 2. The van der Waals surface area contributed by atoms with E-state index in [0.29, 0.717) is 22.7 Å². The average molecular weight is 443 g/mol. The Balaban J connectivity index is 1.95. The zero-order chi connectivity index (χ0) is 23.7. The quantitative estimate of drug-likeness (QED) is 0.343. The summed E-state index contributed by atoms with van der Waals surface area (Å²) < 4.78 is 10.6. The van der Waals surface area contributed by atoms with E-state index in [1.54, 1.807) is 24.3 Å². The predicted octanol–water partition coefficient (Wildman–Crippen LogP) is 4.95. The number of anilines is 1. The van der Waals surface area contributed by atoms with Gasteiger partial charge in [-0.25, -0.2) is 0 Å². The lowest BCUT2D eigenvalue weighted by molar-refractivity contribution is -0.132. The summed E-state index contributed by atoms with van der Waals surface area (Å²) in [5.74, 6) is -0.800. The molecule has 0 aromatic heterocycles. The molecular formula is C27H25NO5. The van der Waals surface area contributed by atoms with Crippen molar-refractivity contribution in [3.05, 3.63) is 94.6 Å². The monoisotopic (exact) mass is 443 g/mol. The van der Waals surface area contributed by atoms with E-state index in [1.165, 1.54) is 19.1 Å². The Bertz CT molecular complexity index is 1280. The van der Waals surface area contributed by atoms with Gasteiger partial charge in [0.2, 0.25) is 0 Å². The van der Waals surface area contributed by atoms with E-state index in [9.17, 15) is 14.7 Å². The van der Waals surface area contributed by atoms with Gasteiger partial charge in [-0.2, -0.15) is 0 Å². The number of benzene rings is 3. The minimum absolute atomic E-state index is 0.0272. The molecule has 1 unspecified atom stereocenters. The van der Waals surface area contributed by atoms with Crippen LogP contribution in [0.1, 0.15) is 28.3 Å². The van der Waals surface area contributed by atoms with Gasteiger partial charge in [-0.3, -0.25) is 14.5 Å². The van der Waals surface area contributed by atoms with Crippen molar-refractivity contribution in [1.82, 2.24) is 0 Å². The number of aliphatic hydroxyl groups is 1. The number of ketones is 1. The molecular weight excluding hydrogens is 418 g/mol. The summed E-state index contributed by atoms with van der Waals surface area (Å²) in [4.78, 5) is 28.0. The first kappa shape index (κ1) is 22.1. The fraction of sp³-hybridized carbons (Fsp3) is 0.185. The molecule has 1 saturated heterocycles. The summed E-state index contributed by atoms with van der Waals surface area (Å²) in [5, 5.41) is 11.3. The first-order chi connectivity index (χ1) is 15.8. The maximum atomic E-state index is 13.3. The highest BCUT2D eigenvalue weighted by Crippen LogP contribution is 2.43. The molecule has 0 bridgehead atoms. The molecule has 1 aliphatic rings. The Kier molecular flexibility index (Phi) is 5.92. The summed E-state index contributed by atoms with van der Waals surface area (Å²) in [7, 11) is 3.01. The average Bonchev–Trinajstić information content (AvgIpc) is 3.08. The summed E-state index contributed by atoms with van der Waals surface area (Å²) in [6, 6.07) is 19.1. The van der Waals surface area contributed by atoms with E-state index in [4.69, 9.17) is 9.47 Å². The molecule has 1 atom stereocenters. The van der Waals surface area contributed by atoms with Gasteiger partial charge in [0.05, 0.1) is 25.8 Å². The Labute approximate surface area is 192 Å². The first-order valence-corrected chi connectivity index (χ1v) is 10.5. The predicted molar refractivity (Wildman–Crippen MR) is 127 cm³/mol. The van der Waals surface area contributed by atoms with Crippen molar-refractivity contribution >= 4 is 23.1 Å². The van der Waals surface area contributed by atoms with Gasteiger partial charge >= 0.3 is 0 Å². The van der Waals surface area contributed by atoms with Crippen LogP contribution in [0, 0.1) is 13.8 Å². The number of hydrogen-bond donors (Lipinski definition) is 1. The molecule has 3 aromatic rings. The zero-order valence-corrected chi connectivity index (χ0v) is 19.0. The molecule has 0 radical (unpaired) electrons. The number of Topliss-reactive ketones (excluding diaryl/α,β-unsaturated/α-hetero) is 1. The van der Waals surface area contributed by atoms with Crippen molar-refractivity contribution in [2.45, 2.75) is 19.9 Å². The third-order valence-corrected chi connectivity index (χ3v) is 5.74. The molecule has 168 valence electrons. The Morgan fingerprint density at radius 1 is 0.848 bits per heavy atom. The molecule has 0 spiro atoms. The number of amides is 1. The van der Waals surface area contributed by atoms with Crippen molar-refractivity contribution in [3.8, 4) is 11.5 Å². The zero-order valence-electron chi connectivity index (χ0n) is 19.0. The van der Waals surface area contributed by atoms with Gasteiger partial charge in [-0.05, 0) is 55.3 Å². The first-order valence-electron chi connectivity index (χ1n) is 10.5. The van der Waals surface area contributed by atoms with Gasteiger partial charge in [-0.1, -0.05) is 42.0 Å². The second-order valence-corrected chi connectivity index (χ2v) is 7.99. The molecule has 4 rings (SSSR count). The molecule has 0 saturated carbocycles. The van der Waals surface area contributed by atoms with E-state index in [-0.39, 0.29) is 11.3 Å². The number of nitrogens with zero attached hydrogens (tertiary/aromatic N) is 1. The Morgan fingerprint density at radius 3 is 2.15 bits per heavy atom. The highest BCUT2D eigenvalue weighted by Gasteiger charge is 2.47. The number of rotatable bonds is 5. The molecule has 1 N–H and O–H groups in total. The van der Waals surface area contributed by atoms with Gasteiger partial charge in [0, 0.05) is 11.3 Å². The van der Waals surface area contributed by atoms with Crippen molar-refractivity contribution in [2.75, 3.05) is 19.1 Å². The van der Waals surface area contributed by atoms with Crippen LogP contribution in [0.5, 0.6) is 11.5 Å². The number of aryl methyl sites for hydroxylation is 2. The number of carbonyl (C=O) groups excluding carboxylic acids is 2. The van der Waals surface area contributed by atoms with E-state index in [1.807, 2.05) is 56.3 Å². The maximum absolute atomic E-state index is 13.3. The molecule has 6 nitrogen and oxygen atoms in total. The highest BCUT2D eigenvalue weighted by atomic mass is 16.5. The lowest BCUT2D eigenvalue weighted by atomic mass is 9.94. The Hall–Kier alpha value is -4.06. The topological polar surface area (TPSA) is 76.1 Å². The Morgan fingerprint density at radius 2 is 1.52 bits per heavy atom. The van der Waals surface area contributed by atoms with Gasteiger partial charge in [0.1, 0.15) is 5.76 Å². The fourth-order valence-electron chi connectivity index (χ4n) is 4.17. The normalized spacial score (nSPS) is 17.3. The van der Waals surface area contributed by atoms with E-state index in [0.717, 1.165) is 16.7 Å². The van der Waals surface area contributed by atoms with E-state index in [2.05, 4.69) is 0 Å². The van der Waals surface area contributed by atoms with Crippen LogP contribution in [0.4, 0.5) is 5.69 Å². The number of hydrogen-bond acceptors (Lipinski definition) is 5. The number of ether oxygens (including phenoxy) is 2. The van der Waals surface area contributed by atoms with E-state index < -0.39 is 17.7 Å². The standard InChI is InChI=1S/C27H25NO5/c1-16-7-5-9-18(13-16)24-23(25(29)19-11-12-21(32-3)22(15-19)33-4)26(30)27(31)28(24)20-10-6-8-17(2)14-20/h5-15,24,29H,1-4H3/b25-23-. The largest absolute Gasteiger partial charge is 0.507 e. The maximum Gasteiger partial charge on any atom is 0.300 e. The molecule has 33 heavy (non-hydrogen) atoms. The van der Waals surface area contributed by atoms with Crippen molar-refractivity contribution in [2.24, 2.45) is 0 Å². The van der Waals surface area contributed by atoms with Crippen LogP contribution >= 0.6 is 0 Å². The van der Waals surface area contributed by atoms with Crippen LogP contribution in [0.15, 0.2) is 72.3 Å². The third-order valence-electron chi connectivity index (χ3n) is 5.74. The van der Waals surface area contributed by atoms with Crippen LogP contribution in [-0.2, 0) is 9.59 Å². The summed E-state index contributed by atoms with van der Waals surface area (Å²) in [6.07, 6.45) is 0. The third kappa shape index (κ3) is 3.96. The molecule has 1 amide bonds. The second kappa shape index (κ2) is 8.82. The molecule has 0 aliphatic carbocycles. The van der Waals surface area contributed by atoms with Gasteiger partial charge < -0.3 is 14.6 Å². The minimum Gasteiger partial charge on any atom is -0.507 e. The summed E-state index contributed by atoms with van der Waals surface area (Å²) in [5.41, 5.74) is 3.64. The van der Waals surface area contributed by atoms with Gasteiger partial charge in [0.15, 0.2) is 11.5 Å². The SMILES string of the molecule is COc1ccc(/C(O)=C2/C(=O)C(=O)N(c3cccc(C)c3)C2c2cccc(C)c2)cc1OC. The van der Waals surface area contributed by atoms with Crippen molar-refractivity contribution in [3.63, 3.8) is 0 Å². The molecule has 1 aliphatic heterocycles. The highest BCUT2D eigenvalue weighted by molar-refractivity contribution is 6.51. The van der Waals surface area contributed by atoms with Crippen LogP contribution in [0.3, 0.4) is 0 Å². The lowest BCUT2D eigenvalue weighted by Gasteiger charge is -2.26. The van der Waals surface area contributed by atoms with Crippen LogP contribution < -0.4 is 14.4 Å². The van der Waals surface area contributed by atoms with Crippen molar-refractivity contribution in [1.29, 1.82) is 0 Å². The lowest BCUT2D eigenvalue weighted by Crippen LogP contribution is -2.29. The summed E-state index contributed by atoms with van der Waals surface area (Å²) >= 11 is 0. The minimum atomic E-state index is -0.778. The second-order valence-electron chi connectivity index (χ2n) is 7.99. The smallest absolute Gasteiger partial charge is 0.300 e. The van der Waals surface area contributed by atoms with Gasteiger partial charge in [-0.15, -0.1) is 0 Å². The molecule has 1 fully saturated rings. The molecule has 3 aromatic carbocycles. The fourth-order valence-corrected chi connectivity index (χ4v) is 4.17. The number of methoxy groups -OCH3 is 2. The molecule has 6 heteroatoms. The van der Waals surface area contributed by atoms with Crippen LogP contribution in [0.2, 0.25) is 0 Å². The summed E-state index contributed by atoms with van der Waals surface area (Å²) in [6.45, 7) is 3.86.